The summed E-state index contributed by atoms with van der Waals surface area (Å²) < 4.78 is 24.8. The molecule has 1 saturated heterocycles. The molecule has 18 heavy (non-hydrogen) atoms. The van der Waals surface area contributed by atoms with E-state index in [0.717, 1.165) is 25.8 Å². The summed E-state index contributed by atoms with van der Waals surface area (Å²) >= 11 is 0. The van der Waals surface area contributed by atoms with Crippen LogP contribution in [-0.2, 0) is 14.8 Å². The summed E-state index contributed by atoms with van der Waals surface area (Å²) in [4.78, 5) is 13.8. The number of nitrogens with zero attached hydrogens (tertiary/aromatic N) is 1. The number of carbonyl (C=O) groups excluding carboxylic acids is 1. The number of halogens is 1. The van der Waals surface area contributed by atoms with E-state index in [2.05, 4.69) is 10.0 Å². The van der Waals surface area contributed by atoms with Gasteiger partial charge in [-0.2, -0.15) is 0 Å². The van der Waals surface area contributed by atoms with Crippen molar-refractivity contribution in [2.75, 3.05) is 26.4 Å². The maximum absolute atomic E-state index is 12.2. The van der Waals surface area contributed by atoms with E-state index >= 15 is 0 Å². The molecule has 108 valence electrons. The summed E-state index contributed by atoms with van der Waals surface area (Å²) in [5.41, 5.74) is -1.11. The van der Waals surface area contributed by atoms with Crippen molar-refractivity contribution in [2.45, 2.75) is 31.8 Å². The minimum atomic E-state index is -3.40. The number of rotatable bonds is 4. The van der Waals surface area contributed by atoms with E-state index in [4.69, 9.17) is 0 Å². The second kappa shape index (κ2) is 6.18. The van der Waals surface area contributed by atoms with Crippen molar-refractivity contribution >= 4 is 28.3 Å². The molecular formula is C10H22ClN3O3S. The van der Waals surface area contributed by atoms with Gasteiger partial charge in [-0.25, -0.2) is 13.1 Å². The standard InChI is InChI=1S/C10H21N3O3S.ClH/c1-10(2,12-17(4,15)16)9(14)13(3)8-5-6-11-7-8;/h8,11-12H,5-7H2,1-4H3;1H. The zero-order chi connectivity index (χ0) is 13.3. The molecule has 1 unspecified atom stereocenters. The van der Waals surface area contributed by atoms with Gasteiger partial charge in [-0.15, -0.1) is 12.4 Å². The van der Waals surface area contributed by atoms with Crippen LogP contribution in [0.2, 0.25) is 0 Å². The van der Waals surface area contributed by atoms with Crippen LogP contribution in [0.5, 0.6) is 0 Å². The third kappa shape index (κ3) is 4.72. The largest absolute Gasteiger partial charge is 0.340 e. The molecule has 1 atom stereocenters. The van der Waals surface area contributed by atoms with Gasteiger partial charge in [-0.1, -0.05) is 0 Å². The van der Waals surface area contributed by atoms with Crippen LogP contribution in [0.25, 0.3) is 0 Å². The molecule has 0 bridgehead atoms. The lowest BCUT2D eigenvalue weighted by Crippen LogP contribution is -2.57. The summed E-state index contributed by atoms with van der Waals surface area (Å²) in [6.07, 6.45) is 1.95. The molecule has 6 nitrogen and oxygen atoms in total. The summed E-state index contributed by atoms with van der Waals surface area (Å²) in [5, 5.41) is 3.18. The van der Waals surface area contributed by atoms with Crippen LogP contribution in [0.4, 0.5) is 0 Å². The Morgan fingerprint density at radius 3 is 2.39 bits per heavy atom. The SMILES string of the molecule is CN(C(=O)C(C)(C)NS(C)(=O)=O)C1CCNC1.Cl. The van der Waals surface area contributed by atoms with Crippen LogP contribution < -0.4 is 10.0 Å². The van der Waals surface area contributed by atoms with Crippen molar-refractivity contribution in [2.24, 2.45) is 0 Å². The normalized spacial score (nSPS) is 20.3. The van der Waals surface area contributed by atoms with Crippen molar-refractivity contribution in [3.63, 3.8) is 0 Å². The van der Waals surface area contributed by atoms with Gasteiger partial charge in [-0.05, 0) is 26.8 Å². The molecule has 0 saturated carbocycles. The topological polar surface area (TPSA) is 78.5 Å². The molecule has 1 rings (SSSR count). The Bertz CT molecular complexity index is 391. The zero-order valence-electron chi connectivity index (χ0n) is 11.2. The Kier molecular flexibility index (Phi) is 6.06. The fourth-order valence-electron chi connectivity index (χ4n) is 2.08. The summed E-state index contributed by atoms with van der Waals surface area (Å²) in [7, 11) is -1.68. The predicted molar refractivity (Wildman–Crippen MR) is 73.4 cm³/mol. The van der Waals surface area contributed by atoms with Gasteiger partial charge in [0.15, 0.2) is 0 Å². The van der Waals surface area contributed by atoms with Crippen LogP contribution in [0.3, 0.4) is 0 Å². The first-order valence-corrected chi connectivity index (χ1v) is 7.49. The highest BCUT2D eigenvalue weighted by Gasteiger charge is 2.36. The van der Waals surface area contributed by atoms with Crippen molar-refractivity contribution in [1.29, 1.82) is 0 Å². The first kappa shape index (κ1) is 17.6. The number of hydrogen-bond donors (Lipinski definition) is 2. The molecule has 0 radical (unpaired) electrons. The fourth-order valence-corrected chi connectivity index (χ4v) is 3.10. The van der Waals surface area contributed by atoms with Crippen molar-refractivity contribution in [3.8, 4) is 0 Å². The first-order chi connectivity index (χ1) is 7.63. The molecule has 1 aliphatic heterocycles. The van der Waals surface area contributed by atoms with Crippen molar-refractivity contribution < 1.29 is 13.2 Å². The second-order valence-electron chi connectivity index (χ2n) is 5.06. The summed E-state index contributed by atoms with van der Waals surface area (Å²) in [5.74, 6) is -0.211. The number of nitrogens with one attached hydrogen (secondary N) is 2. The summed E-state index contributed by atoms with van der Waals surface area (Å²) in [6, 6.07) is 0.142. The number of likely N-dealkylation sites (N-methyl/N-ethyl adjacent to an activating group) is 1. The third-order valence-electron chi connectivity index (χ3n) is 2.88. The van der Waals surface area contributed by atoms with Crippen LogP contribution in [0.15, 0.2) is 0 Å². The van der Waals surface area contributed by atoms with Gasteiger partial charge in [0.1, 0.15) is 5.54 Å². The van der Waals surface area contributed by atoms with Gasteiger partial charge in [0.2, 0.25) is 15.9 Å². The molecule has 2 N–H and O–H groups in total. The van der Waals surface area contributed by atoms with Crippen LogP contribution in [0, 0.1) is 0 Å². The number of amides is 1. The Balaban J connectivity index is 0.00000289. The van der Waals surface area contributed by atoms with Gasteiger partial charge in [0.25, 0.3) is 0 Å². The number of sulfonamides is 1. The van der Waals surface area contributed by atoms with Gasteiger partial charge in [0.05, 0.1) is 6.26 Å². The zero-order valence-corrected chi connectivity index (χ0v) is 12.8. The third-order valence-corrected chi connectivity index (χ3v) is 3.76. The molecule has 0 aromatic heterocycles. The van der Waals surface area contributed by atoms with E-state index in [1.54, 1.807) is 25.8 Å². The average Bonchev–Trinajstić information content (AvgIpc) is 2.64. The van der Waals surface area contributed by atoms with Gasteiger partial charge >= 0.3 is 0 Å². The number of hydrogen-bond acceptors (Lipinski definition) is 4. The molecule has 8 heteroatoms. The maximum Gasteiger partial charge on any atom is 0.243 e. The monoisotopic (exact) mass is 299 g/mol. The Labute approximate surface area is 115 Å². The van der Waals surface area contributed by atoms with Gasteiger partial charge < -0.3 is 10.2 Å². The summed E-state index contributed by atoms with van der Waals surface area (Å²) in [6.45, 7) is 4.81. The van der Waals surface area contributed by atoms with Crippen LogP contribution >= 0.6 is 12.4 Å². The van der Waals surface area contributed by atoms with Crippen molar-refractivity contribution in [1.82, 2.24) is 14.9 Å². The maximum atomic E-state index is 12.2. The molecule has 0 aromatic rings. The van der Waals surface area contributed by atoms with Crippen molar-refractivity contribution in [3.05, 3.63) is 0 Å². The van der Waals surface area contributed by atoms with E-state index in [9.17, 15) is 13.2 Å². The second-order valence-corrected chi connectivity index (χ2v) is 6.81. The Hall–Kier alpha value is -0.370. The minimum absolute atomic E-state index is 0. The number of carbonyl (C=O) groups is 1. The highest BCUT2D eigenvalue weighted by Crippen LogP contribution is 2.14. The van der Waals surface area contributed by atoms with Crippen LogP contribution in [-0.4, -0.2) is 57.2 Å². The molecule has 0 spiro atoms. The van der Waals surface area contributed by atoms with E-state index in [1.165, 1.54) is 0 Å². The van der Waals surface area contributed by atoms with Gasteiger partial charge in [-0.3, -0.25) is 4.79 Å². The Morgan fingerprint density at radius 2 is 2.00 bits per heavy atom. The lowest BCUT2D eigenvalue weighted by atomic mass is 10.0. The molecule has 1 fully saturated rings. The molecule has 0 aromatic carbocycles. The average molecular weight is 300 g/mol. The predicted octanol–water partition coefficient (Wildman–Crippen LogP) is -0.444. The molecule has 1 heterocycles. The Morgan fingerprint density at radius 1 is 1.44 bits per heavy atom. The highest BCUT2D eigenvalue weighted by atomic mass is 35.5. The fraction of sp³-hybridized carbons (Fsp3) is 0.900. The minimum Gasteiger partial charge on any atom is -0.340 e. The van der Waals surface area contributed by atoms with Gasteiger partial charge in [0, 0.05) is 19.6 Å². The quantitative estimate of drug-likeness (QED) is 0.737. The first-order valence-electron chi connectivity index (χ1n) is 5.60. The van der Waals surface area contributed by atoms with E-state index in [-0.39, 0.29) is 24.4 Å². The molecular weight excluding hydrogens is 278 g/mol. The lowest BCUT2D eigenvalue weighted by molar-refractivity contribution is -0.136. The smallest absolute Gasteiger partial charge is 0.243 e. The van der Waals surface area contributed by atoms with E-state index in [0.29, 0.717) is 0 Å². The highest BCUT2D eigenvalue weighted by molar-refractivity contribution is 7.88. The van der Waals surface area contributed by atoms with E-state index < -0.39 is 15.6 Å². The lowest BCUT2D eigenvalue weighted by Gasteiger charge is -2.32. The molecule has 1 aliphatic rings. The molecule has 0 aliphatic carbocycles. The van der Waals surface area contributed by atoms with E-state index in [1.807, 2.05) is 0 Å². The molecule has 1 amide bonds. The van der Waals surface area contributed by atoms with Crippen LogP contribution in [0.1, 0.15) is 20.3 Å².